The van der Waals surface area contributed by atoms with Crippen LogP contribution in [0, 0.1) is 0 Å². The SMILES string of the molecule is CCN(CC)CCOc1ccc(NC(=O)c2ccccc2O)cc1. The van der Waals surface area contributed by atoms with E-state index in [0.29, 0.717) is 12.3 Å². The first-order valence-electron chi connectivity index (χ1n) is 8.18. The van der Waals surface area contributed by atoms with E-state index in [1.165, 1.54) is 6.07 Å². The van der Waals surface area contributed by atoms with Gasteiger partial charge in [0.25, 0.3) is 5.91 Å². The van der Waals surface area contributed by atoms with Gasteiger partial charge in [0.2, 0.25) is 0 Å². The predicted octanol–water partition coefficient (Wildman–Crippen LogP) is 3.37. The minimum atomic E-state index is -0.344. The molecule has 5 heteroatoms. The van der Waals surface area contributed by atoms with E-state index in [4.69, 9.17) is 4.74 Å². The van der Waals surface area contributed by atoms with Gasteiger partial charge in [0.15, 0.2) is 0 Å². The molecule has 0 atom stereocenters. The summed E-state index contributed by atoms with van der Waals surface area (Å²) in [6.07, 6.45) is 0. The van der Waals surface area contributed by atoms with E-state index in [9.17, 15) is 9.90 Å². The summed E-state index contributed by atoms with van der Waals surface area (Å²) in [5.74, 6) is 0.386. The highest BCUT2D eigenvalue weighted by Crippen LogP contribution is 2.19. The largest absolute Gasteiger partial charge is 0.507 e. The molecule has 24 heavy (non-hydrogen) atoms. The van der Waals surface area contributed by atoms with Gasteiger partial charge in [-0.05, 0) is 49.5 Å². The highest BCUT2D eigenvalue weighted by molar-refractivity contribution is 6.06. The van der Waals surface area contributed by atoms with E-state index in [1.807, 2.05) is 12.1 Å². The van der Waals surface area contributed by atoms with Crippen LogP contribution in [0.5, 0.6) is 11.5 Å². The zero-order chi connectivity index (χ0) is 17.4. The normalized spacial score (nSPS) is 10.6. The zero-order valence-corrected chi connectivity index (χ0v) is 14.2. The van der Waals surface area contributed by atoms with E-state index in [2.05, 4.69) is 24.1 Å². The average Bonchev–Trinajstić information content (AvgIpc) is 2.60. The fourth-order valence-electron chi connectivity index (χ4n) is 2.33. The van der Waals surface area contributed by atoms with Crippen molar-refractivity contribution in [3.63, 3.8) is 0 Å². The van der Waals surface area contributed by atoms with Gasteiger partial charge in [-0.1, -0.05) is 26.0 Å². The summed E-state index contributed by atoms with van der Waals surface area (Å²) in [5, 5.41) is 12.5. The molecule has 0 fully saturated rings. The van der Waals surface area contributed by atoms with Crippen LogP contribution in [-0.2, 0) is 0 Å². The number of benzene rings is 2. The summed E-state index contributed by atoms with van der Waals surface area (Å²) in [4.78, 5) is 14.4. The molecule has 0 saturated heterocycles. The fourth-order valence-corrected chi connectivity index (χ4v) is 2.33. The van der Waals surface area contributed by atoms with Crippen LogP contribution >= 0.6 is 0 Å². The molecule has 0 aliphatic rings. The van der Waals surface area contributed by atoms with Crippen molar-refractivity contribution in [1.29, 1.82) is 0 Å². The van der Waals surface area contributed by atoms with E-state index in [-0.39, 0.29) is 17.2 Å². The molecule has 0 unspecified atom stereocenters. The molecule has 0 radical (unpaired) electrons. The van der Waals surface area contributed by atoms with Gasteiger partial charge >= 0.3 is 0 Å². The van der Waals surface area contributed by atoms with Crippen LogP contribution in [0.2, 0.25) is 0 Å². The van der Waals surface area contributed by atoms with Gasteiger partial charge in [-0.25, -0.2) is 0 Å². The highest BCUT2D eigenvalue weighted by atomic mass is 16.5. The van der Waals surface area contributed by atoms with Crippen molar-refractivity contribution in [1.82, 2.24) is 4.90 Å². The lowest BCUT2D eigenvalue weighted by Gasteiger charge is -2.18. The minimum absolute atomic E-state index is 0.0358. The van der Waals surface area contributed by atoms with Crippen molar-refractivity contribution in [2.24, 2.45) is 0 Å². The monoisotopic (exact) mass is 328 g/mol. The van der Waals surface area contributed by atoms with Crippen LogP contribution in [0.25, 0.3) is 0 Å². The Morgan fingerprint density at radius 1 is 1.08 bits per heavy atom. The number of phenolic OH excluding ortho intramolecular Hbond substituents is 1. The maximum absolute atomic E-state index is 12.1. The van der Waals surface area contributed by atoms with E-state index in [1.54, 1.807) is 30.3 Å². The topological polar surface area (TPSA) is 61.8 Å². The minimum Gasteiger partial charge on any atom is -0.507 e. The molecular weight excluding hydrogens is 304 g/mol. The Morgan fingerprint density at radius 3 is 2.38 bits per heavy atom. The molecule has 2 aromatic rings. The number of carbonyl (C=O) groups is 1. The van der Waals surface area contributed by atoms with Crippen LogP contribution in [0.1, 0.15) is 24.2 Å². The number of carbonyl (C=O) groups excluding carboxylic acids is 1. The van der Waals surface area contributed by atoms with E-state index in [0.717, 1.165) is 25.4 Å². The molecule has 0 aliphatic heterocycles. The predicted molar refractivity (Wildman–Crippen MR) is 95.8 cm³/mol. The number of likely N-dealkylation sites (N-methyl/N-ethyl adjacent to an activating group) is 1. The van der Waals surface area contributed by atoms with Crippen molar-refractivity contribution in [3.8, 4) is 11.5 Å². The second kappa shape index (κ2) is 8.93. The molecule has 0 aliphatic carbocycles. The van der Waals surface area contributed by atoms with Gasteiger partial charge in [-0.3, -0.25) is 4.79 Å². The molecule has 0 heterocycles. The Kier molecular flexibility index (Phi) is 6.63. The Hall–Kier alpha value is -2.53. The second-order valence-corrected chi connectivity index (χ2v) is 5.37. The molecule has 2 rings (SSSR count). The number of hydrogen-bond acceptors (Lipinski definition) is 4. The number of nitrogens with one attached hydrogen (secondary N) is 1. The maximum atomic E-state index is 12.1. The lowest BCUT2D eigenvalue weighted by molar-refractivity contribution is 0.102. The lowest BCUT2D eigenvalue weighted by Crippen LogP contribution is -2.27. The maximum Gasteiger partial charge on any atom is 0.259 e. The van der Waals surface area contributed by atoms with Crippen LogP contribution in [0.4, 0.5) is 5.69 Å². The molecule has 5 nitrogen and oxygen atoms in total. The third kappa shape index (κ3) is 4.99. The van der Waals surface area contributed by atoms with Crippen molar-refractivity contribution in [2.45, 2.75) is 13.8 Å². The lowest BCUT2D eigenvalue weighted by atomic mass is 10.2. The first-order chi connectivity index (χ1) is 11.6. The number of rotatable bonds is 8. The van der Waals surface area contributed by atoms with E-state index < -0.39 is 0 Å². The van der Waals surface area contributed by atoms with Crippen LogP contribution in [0.15, 0.2) is 48.5 Å². The first-order valence-corrected chi connectivity index (χ1v) is 8.18. The standard InChI is InChI=1S/C19H24N2O3/c1-3-21(4-2)13-14-24-16-11-9-15(10-12-16)20-19(23)17-7-5-6-8-18(17)22/h5-12,22H,3-4,13-14H2,1-2H3,(H,20,23). The van der Waals surface area contributed by atoms with E-state index >= 15 is 0 Å². The highest BCUT2D eigenvalue weighted by Gasteiger charge is 2.10. The molecule has 0 aromatic heterocycles. The van der Waals surface area contributed by atoms with Crippen LogP contribution in [0.3, 0.4) is 0 Å². The van der Waals surface area contributed by atoms with Gasteiger partial charge in [-0.2, -0.15) is 0 Å². The van der Waals surface area contributed by atoms with Gasteiger partial charge in [-0.15, -0.1) is 0 Å². The molecule has 128 valence electrons. The molecule has 0 bridgehead atoms. The number of phenols is 1. The molecule has 2 N–H and O–H groups in total. The number of hydrogen-bond donors (Lipinski definition) is 2. The zero-order valence-electron chi connectivity index (χ0n) is 14.2. The van der Waals surface area contributed by atoms with Crippen LogP contribution in [-0.4, -0.2) is 42.2 Å². The van der Waals surface area contributed by atoms with Gasteiger partial charge < -0.3 is 20.1 Å². The number of amides is 1. The molecule has 0 saturated carbocycles. The van der Waals surface area contributed by atoms with Crippen LogP contribution < -0.4 is 10.1 Å². The summed E-state index contributed by atoms with van der Waals surface area (Å²) in [6.45, 7) is 7.80. The van der Waals surface area contributed by atoms with Crippen molar-refractivity contribution in [3.05, 3.63) is 54.1 Å². The first kappa shape index (κ1) is 17.8. The molecule has 2 aromatic carbocycles. The number of para-hydroxylation sites is 1. The molecule has 0 spiro atoms. The Balaban J connectivity index is 1.88. The Morgan fingerprint density at radius 2 is 1.75 bits per heavy atom. The number of aromatic hydroxyl groups is 1. The van der Waals surface area contributed by atoms with Crippen molar-refractivity contribution >= 4 is 11.6 Å². The number of nitrogens with zero attached hydrogens (tertiary/aromatic N) is 1. The molecule has 1 amide bonds. The fraction of sp³-hybridized carbons (Fsp3) is 0.316. The summed E-state index contributed by atoms with van der Waals surface area (Å²) in [7, 11) is 0. The van der Waals surface area contributed by atoms with Crippen molar-refractivity contribution in [2.75, 3.05) is 31.6 Å². The number of ether oxygens (including phenoxy) is 1. The van der Waals surface area contributed by atoms with Gasteiger partial charge in [0.05, 0.1) is 5.56 Å². The van der Waals surface area contributed by atoms with Gasteiger partial charge in [0, 0.05) is 12.2 Å². The number of anilines is 1. The summed E-state index contributed by atoms with van der Waals surface area (Å²) < 4.78 is 5.71. The summed E-state index contributed by atoms with van der Waals surface area (Å²) in [6, 6.07) is 13.7. The molecular formula is C19H24N2O3. The van der Waals surface area contributed by atoms with Gasteiger partial charge in [0.1, 0.15) is 18.1 Å². The third-order valence-electron chi connectivity index (χ3n) is 3.83. The third-order valence-corrected chi connectivity index (χ3v) is 3.83. The quantitative estimate of drug-likeness (QED) is 0.780. The average molecular weight is 328 g/mol. The smallest absolute Gasteiger partial charge is 0.259 e. The second-order valence-electron chi connectivity index (χ2n) is 5.37. The Bertz CT molecular complexity index is 652. The van der Waals surface area contributed by atoms with Crippen molar-refractivity contribution < 1.29 is 14.6 Å². The summed E-state index contributed by atoms with van der Waals surface area (Å²) in [5.41, 5.74) is 0.899. The Labute approximate surface area is 142 Å². The summed E-state index contributed by atoms with van der Waals surface area (Å²) >= 11 is 0.